The van der Waals surface area contributed by atoms with Crippen molar-refractivity contribution in [2.75, 3.05) is 49.1 Å². The average molecular weight is 423 g/mol. The maximum Gasteiger partial charge on any atom is 0.257 e. The molecule has 2 aliphatic heterocycles. The molecule has 0 atom stereocenters. The molecular weight excluding hydrogens is 396 g/mol. The number of likely N-dealkylation sites (tertiary alicyclic amines) is 1. The van der Waals surface area contributed by atoms with Gasteiger partial charge in [-0.15, -0.1) is 11.3 Å². The molecule has 0 unspecified atom stereocenters. The molecule has 0 saturated carbocycles. The van der Waals surface area contributed by atoms with E-state index in [1.807, 2.05) is 17.0 Å². The topological polar surface area (TPSA) is 65.5 Å². The Morgan fingerprint density at radius 2 is 1.67 bits per heavy atom. The lowest BCUT2D eigenvalue weighted by Gasteiger charge is -2.37. The van der Waals surface area contributed by atoms with Crippen LogP contribution in [0.3, 0.4) is 0 Å². The molecule has 3 aromatic heterocycles. The number of amides is 1. The van der Waals surface area contributed by atoms with Gasteiger partial charge in [0.2, 0.25) is 0 Å². The number of anilines is 2. The Morgan fingerprint density at radius 1 is 0.933 bits per heavy atom. The van der Waals surface area contributed by atoms with Gasteiger partial charge in [-0.3, -0.25) is 4.79 Å². The van der Waals surface area contributed by atoms with Gasteiger partial charge in [-0.25, -0.2) is 15.0 Å². The third-order valence-corrected chi connectivity index (χ3v) is 6.93. The number of piperazine rings is 1. The first-order valence-corrected chi connectivity index (χ1v) is 11.5. The van der Waals surface area contributed by atoms with Gasteiger partial charge < -0.3 is 14.7 Å². The minimum Gasteiger partial charge on any atom is -0.352 e. The predicted molar refractivity (Wildman–Crippen MR) is 121 cm³/mol. The molecule has 0 spiro atoms. The highest BCUT2D eigenvalue weighted by molar-refractivity contribution is 7.18. The third-order valence-electron chi connectivity index (χ3n) is 5.97. The average Bonchev–Trinajstić information content (AvgIpc) is 3.19. The minimum absolute atomic E-state index is 0.117. The van der Waals surface area contributed by atoms with Crippen LogP contribution in [0.1, 0.15) is 34.5 Å². The first kappa shape index (κ1) is 19.2. The monoisotopic (exact) mass is 422 g/mol. The second-order valence-electron chi connectivity index (χ2n) is 7.97. The molecule has 1 amide bonds. The fourth-order valence-corrected chi connectivity index (χ4v) is 5.27. The number of aromatic nitrogens is 3. The summed E-state index contributed by atoms with van der Waals surface area (Å²) in [5.41, 5.74) is 0.728. The van der Waals surface area contributed by atoms with Crippen molar-refractivity contribution in [3.8, 4) is 0 Å². The van der Waals surface area contributed by atoms with E-state index >= 15 is 0 Å². The van der Waals surface area contributed by atoms with Crippen molar-refractivity contribution in [2.45, 2.75) is 26.2 Å². The molecule has 0 N–H and O–H groups in total. The summed E-state index contributed by atoms with van der Waals surface area (Å²) in [7, 11) is 0. The van der Waals surface area contributed by atoms with Crippen LogP contribution < -0.4 is 9.80 Å². The molecule has 0 aromatic carbocycles. The Hall–Kier alpha value is -2.74. The normalized spacial score (nSPS) is 17.6. The Labute approximate surface area is 180 Å². The van der Waals surface area contributed by atoms with Gasteiger partial charge in [0.25, 0.3) is 5.91 Å². The summed E-state index contributed by atoms with van der Waals surface area (Å²) in [6, 6.07) is 5.97. The van der Waals surface area contributed by atoms with Crippen molar-refractivity contribution < 1.29 is 4.79 Å². The molecular formula is C22H26N6OS. The second-order valence-corrected chi connectivity index (χ2v) is 9.21. The number of thiophene rings is 1. The number of piperidine rings is 1. The molecule has 7 nitrogen and oxygen atoms in total. The molecule has 3 aromatic rings. The van der Waals surface area contributed by atoms with Gasteiger partial charge >= 0.3 is 0 Å². The van der Waals surface area contributed by atoms with E-state index in [9.17, 15) is 4.79 Å². The third kappa shape index (κ3) is 3.60. The highest BCUT2D eigenvalue weighted by atomic mass is 32.1. The number of nitrogens with zero attached hydrogens (tertiary/aromatic N) is 6. The number of hydrogen-bond donors (Lipinski definition) is 0. The molecule has 2 aliphatic rings. The van der Waals surface area contributed by atoms with Gasteiger partial charge in [0.1, 0.15) is 22.8 Å². The van der Waals surface area contributed by atoms with Crippen molar-refractivity contribution in [1.82, 2.24) is 19.9 Å². The van der Waals surface area contributed by atoms with E-state index in [0.717, 1.165) is 79.5 Å². The Balaban J connectivity index is 1.34. The van der Waals surface area contributed by atoms with Crippen LogP contribution in [0.4, 0.5) is 11.6 Å². The number of carbonyl (C=O) groups is 1. The molecule has 30 heavy (non-hydrogen) atoms. The zero-order valence-corrected chi connectivity index (χ0v) is 18.1. The lowest BCUT2D eigenvalue weighted by Crippen LogP contribution is -2.48. The van der Waals surface area contributed by atoms with Crippen LogP contribution in [-0.2, 0) is 0 Å². The SMILES string of the molecule is Cc1cc2c(N3CCN(c4ncccc4C(=O)N4CCCCC4)CC3)ncnc2s1. The maximum absolute atomic E-state index is 13.1. The van der Waals surface area contributed by atoms with E-state index in [-0.39, 0.29) is 5.91 Å². The molecule has 5 rings (SSSR count). The Kier molecular flexibility index (Phi) is 5.25. The highest BCUT2D eigenvalue weighted by Gasteiger charge is 2.27. The van der Waals surface area contributed by atoms with Crippen molar-refractivity contribution >= 4 is 39.1 Å². The summed E-state index contributed by atoms with van der Waals surface area (Å²) in [4.78, 5) is 35.6. The van der Waals surface area contributed by atoms with E-state index in [1.165, 1.54) is 11.3 Å². The summed E-state index contributed by atoms with van der Waals surface area (Å²) in [5, 5.41) is 1.13. The van der Waals surface area contributed by atoms with Crippen molar-refractivity contribution in [1.29, 1.82) is 0 Å². The highest BCUT2D eigenvalue weighted by Crippen LogP contribution is 2.31. The number of rotatable bonds is 3. The van der Waals surface area contributed by atoms with Crippen LogP contribution in [0.2, 0.25) is 0 Å². The van der Waals surface area contributed by atoms with E-state index in [0.29, 0.717) is 0 Å². The lowest BCUT2D eigenvalue weighted by atomic mass is 10.1. The zero-order valence-electron chi connectivity index (χ0n) is 17.3. The summed E-state index contributed by atoms with van der Waals surface area (Å²) < 4.78 is 0. The number of aryl methyl sites for hydroxylation is 1. The molecule has 0 aliphatic carbocycles. The number of pyridine rings is 1. The van der Waals surface area contributed by atoms with Crippen LogP contribution in [0.25, 0.3) is 10.2 Å². The molecule has 2 fully saturated rings. The number of fused-ring (bicyclic) bond motifs is 1. The predicted octanol–water partition coefficient (Wildman–Crippen LogP) is 3.35. The van der Waals surface area contributed by atoms with Crippen molar-refractivity contribution in [2.24, 2.45) is 0 Å². The van der Waals surface area contributed by atoms with E-state index in [4.69, 9.17) is 0 Å². The first-order valence-electron chi connectivity index (χ1n) is 10.7. The Bertz CT molecular complexity index is 1050. The Morgan fingerprint density at radius 3 is 2.43 bits per heavy atom. The van der Waals surface area contributed by atoms with Gasteiger partial charge in [-0.2, -0.15) is 0 Å². The van der Waals surface area contributed by atoms with Gasteiger partial charge in [0.15, 0.2) is 0 Å². The molecule has 5 heterocycles. The summed E-state index contributed by atoms with van der Waals surface area (Å²) in [5.74, 6) is 1.94. The maximum atomic E-state index is 13.1. The summed E-state index contributed by atoms with van der Waals surface area (Å²) in [6.07, 6.45) is 6.85. The second kappa shape index (κ2) is 8.18. The largest absolute Gasteiger partial charge is 0.352 e. The van der Waals surface area contributed by atoms with Crippen LogP contribution in [0.5, 0.6) is 0 Å². The molecule has 8 heteroatoms. The van der Waals surface area contributed by atoms with Crippen LogP contribution in [-0.4, -0.2) is 65.0 Å². The fraction of sp³-hybridized carbons (Fsp3) is 0.455. The van der Waals surface area contributed by atoms with Gasteiger partial charge in [0.05, 0.1) is 10.9 Å². The summed E-state index contributed by atoms with van der Waals surface area (Å²) in [6.45, 7) is 7.12. The quantitative estimate of drug-likeness (QED) is 0.645. The van der Waals surface area contributed by atoms with E-state index < -0.39 is 0 Å². The van der Waals surface area contributed by atoms with Gasteiger partial charge in [-0.1, -0.05) is 0 Å². The molecule has 0 radical (unpaired) electrons. The van der Waals surface area contributed by atoms with Gasteiger partial charge in [-0.05, 0) is 44.4 Å². The van der Waals surface area contributed by atoms with Crippen LogP contribution >= 0.6 is 11.3 Å². The van der Waals surface area contributed by atoms with Crippen LogP contribution in [0.15, 0.2) is 30.7 Å². The van der Waals surface area contributed by atoms with Crippen molar-refractivity contribution in [3.05, 3.63) is 41.2 Å². The van der Waals surface area contributed by atoms with Crippen molar-refractivity contribution in [3.63, 3.8) is 0 Å². The molecule has 0 bridgehead atoms. The molecule has 156 valence electrons. The van der Waals surface area contributed by atoms with E-state index in [2.05, 4.69) is 37.7 Å². The standard InChI is InChI=1S/C22H26N6OS/c1-16-14-18-20(24-15-25-21(18)30-16)27-12-10-26(11-13-27)19-17(6-5-7-23-19)22(29)28-8-3-2-4-9-28/h5-7,14-15H,2-4,8-13H2,1H3. The van der Waals surface area contributed by atoms with E-state index in [1.54, 1.807) is 23.9 Å². The number of carbonyl (C=O) groups excluding carboxylic acids is 1. The molecule has 2 saturated heterocycles. The smallest absolute Gasteiger partial charge is 0.257 e. The fourth-order valence-electron chi connectivity index (χ4n) is 4.43. The van der Waals surface area contributed by atoms with Gasteiger partial charge in [0, 0.05) is 50.3 Å². The minimum atomic E-state index is 0.117. The first-order chi connectivity index (χ1) is 14.7. The lowest BCUT2D eigenvalue weighted by molar-refractivity contribution is 0.0724. The summed E-state index contributed by atoms with van der Waals surface area (Å²) >= 11 is 1.71. The van der Waals surface area contributed by atoms with Crippen LogP contribution in [0, 0.1) is 6.92 Å². The zero-order chi connectivity index (χ0) is 20.5. The number of hydrogen-bond acceptors (Lipinski definition) is 7.